The molecule has 12 nitrogen and oxygen atoms in total. The quantitative estimate of drug-likeness (QED) is 0.193. The molecule has 7 N–H and O–H groups in total. The summed E-state index contributed by atoms with van der Waals surface area (Å²) >= 11 is 0. The Morgan fingerprint density at radius 1 is 1.14 bits per heavy atom. The van der Waals surface area contributed by atoms with Crippen LogP contribution in [0.3, 0.4) is 0 Å². The van der Waals surface area contributed by atoms with Gasteiger partial charge in [0.2, 0.25) is 5.91 Å². The van der Waals surface area contributed by atoms with Crippen LogP contribution in [0.4, 0.5) is 0 Å². The predicted octanol–water partition coefficient (Wildman–Crippen LogP) is 0.534. The fraction of sp³-hybridized carbons (Fsp3) is 0.583. The van der Waals surface area contributed by atoms with Gasteiger partial charge in [-0.15, -0.1) is 0 Å². The number of hydrogen-bond acceptors (Lipinski definition) is 8. The fourth-order valence-electron chi connectivity index (χ4n) is 4.40. The number of benzene rings is 1. The summed E-state index contributed by atoms with van der Waals surface area (Å²) < 4.78 is 23.0. The molecule has 1 fully saturated rings. The average Bonchev–Trinajstić information content (AvgIpc) is 3.22. The number of rotatable bonds is 11. The van der Waals surface area contributed by atoms with Crippen molar-refractivity contribution in [3.63, 3.8) is 0 Å². The van der Waals surface area contributed by atoms with E-state index in [0.717, 1.165) is 16.7 Å². The summed E-state index contributed by atoms with van der Waals surface area (Å²) in [5.41, 5.74) is 2.76. The van der Waals surface area contributed by atoms with Crippen LogP contribution in [0.25, 0.3) is 5.57 Å². The van der Waals surface area contributed by atoms with Crippen LogP contribution < -0.4 is 10.4 Å². The Labute approximate surface area is 214 Å². The number of carboxylic acids is 1. The molecule has 1 aromatic carbocycles. The molecule has 1 aliphatic carbocycles. The first-order valence-corrected chi connectivity index (χ1v) is 13.7. The Balaban J connectivity index is 1.70. The molecule has 13 heteroatoms. The maximum absolute atomic E-state index is 13.1. The van der Waals surface area contributed by atoms with E-state index in [1.165, 1.54) is 6.92 Å². The molecule has 1 aromatic rings. The largest absolute Gasteiger partial charge is 0.480 e. The van der Waals surface area contributed by atoms with Crippen LogP contribution in [0.15, 0.2) is 30.3 Å². The number of aliphatic carboxylic acids is 1. The first-order valence-electron chi connectivity index (χ1n) is 12.1. The molecule has 1 saturated heterocycles. The van der Waals surface area contributed by atoms with Crippen molar-refractivity contribution in [1.29, 1.82) is 0 Å². The number of allylic oxidation sites excluding steroid dienone is 1. The Kier molecular flexibility index (Phi) is 9.65. The van der Waals surface area contributed by atoms with Crippen LogP contribution in [0.1, 0.15) is 44.7 Å². The second-order valence-corrected chi connectivity index (χ2v) is 11.3. The van der Waals surface area contributed by atoms with Gasteiger partial charge in [-0.1, -0.05) is 44.2 Å². The molecule has 1 aliphatic heterocycles. The number of hydrogen-bond donors (Lipinski definition) is 7. The molecule has 0 spiro atoms. The summed E-state index contributed by atoms with van der Waals surface area (Å²) in [4.78, 5) is 35.5. The highest BCUT2D eigenvalue weighted by atomic mass is 31.2. The first-order chi connectivity index (χ1) is 17.3. The number of carbonyl (C=O) groups is 2. The molecule has 2 aliphatic rings. The zero-order chi connectivity index (χ0) is 27.5. The van der Waals surface area contributed by atoms with Crippen LogP contribution in [0.2, 0.25) is 0 Å². The minimum Gasteiger partial charge on any atom is -0.480 e. The van der Waals surface area contributed by atoms with Gasteiger partial charge in [-0.05, 0) is 42.4 Å². The van der Waals surface area contributed by atoms with E-state index < -0.39 is 62.4 Å². The summed E-state index contributed by atoms with van der Waals surface area (Å²) in [7, 11) is -4.82. The normalized spacial score (nSPS) is 28.6. The lowest BCUT2D eigenvalue weighted by Gasteiger charge is -2.39. The molecular weight excluding hydrogens is 507 g/mol. The zero-order valence-corrected chi connectivity index (χ0v) is 21.7. The SMILES string of the molecule is CC(C)C[C@H](NP(=O)(O)O[C@@H]1O[C@@H](C)[C@H](O)[C@@H](O)[C@H]1O)C(=O)N[C@@H](CC1=CCc2ccccc21)C(=O)O. The lowest BCUT2D eigenvalue weighted by molar-refractivity contribution is -0.270. The van der Waals surface area contributed by atoms with Crippen LogP contribution in [0, 0.1) is 5.92 Å². The molecule has 3 rings (SSSR count). The molecular formula is C24H35N2O10P. The van der Waals surface area contributed by atoms with Crippen molar-refractivity contribution in [2.45, 2.75) is 82.8 Å². The summed E-state index contributed by atoms with van der Waals surface area (Å²) in [5, 5.41) is 44.2. The predicted molar refractivity (Wildman–Crippen MR) is 132 cm³/mol. The lowest BCUT2D eigenvalue weighted by Crippen LogP contribution is -2.57. The highest BCUT2D eigenvalue weighted by Crippen LogP contribution is 2.42. The standard InChI is InChI=1S/C24H35N2O10P/c1-12(2)10-17(26-37(33,34)36-24-21(29)20(28)19(27)13(3)35-24)22(30)25-18(23(31)32)11-15-9-8-14-6-4-5-7-16(14)15/h4-7,9,12-13,17-21,24,27-29H,8,10-11H2,1-3H3,(H,25,30)(H,31,32)(H2,26,33,34)/t13-,17-,18-,19-,20+,21+,24-/m0/s1. The van der Waals surface area contributed by atoms with Crippen molar-refractivity contribution in [3.8, 4) is 0 Å². The number of aliphatic hydroxyl groups is 3. The van der Waals surface area contributed by atoms with E-state index in [4.69, 9.17) is 9.26 Å². The topological polar surface area (TPSA) is 195 Å². The third kappa shape index (κ3) is 7.46. The van der Waals surface area contributed by atoms with Crippen molar-refractivity contribution in [1.82, 2.24) is 10.4 Å². The smallest absolute Gasteiger partial charge is 0.406 e. The molecule has 0 aromatic heterocycles. The maximum Gasteiger partial charge on any atom is 0.406 e. The molecule has 0 radical (unpaired) electrons. The van der Waals surface area contributed by atoms with Gasteiger partial charge >= 0.3 is 13.7 Å². The molecule has 37 heavy (non-hydrogen) atoms. The van der Waals surface area contributed by atoms with Gasteiger partial charge in [0.05, 0.1) is 12.1 Å². The molecule has 1 heterocycles. The second kappa shape index (κ2) is 12.1. The monoisotopic (exact) mass is 542 g/mol. The van der Waals surface area contributed by atoms with E-state index in [0.29, 0.717) is 6.42 Å². The average molecular weight is 543 g/mol. The second-order valence-electron chi connectivity index (χ2n) is 9.81. The first kappa shape index (κ1) is 29.4. The van der Waals surface area contributed by atoms with Crippen LogP contribution in [-0.4, -0.2) is 80.0 Å². The van der Waals surface area contributed by atoms with Crippen LogP contribution in [0.5, 0.6) is 0 Å². The zero-order valence-electron chi connectivity index (χ0n) is 20.9. The van der Waals surface area contributed by atoms with Crippen molar-refractivity contribution in [2.75, 3.05) is 0 Å². The molecule has 206 valence electrons. The van der Waals surface area contributed by atoms with Gasteiger partial charge in [-0.2, -0.15) is 0 Å². The van der Waals surface area contributed by atoms with Crippen molar-refractivity contribution < 1.29 is 48.7 Å². The number of fused-ring (bicyclic) bond motifs is 1. The van der Waals surface area contributed by atoms with Crippen molar-refractivity contribution in [2.24, 2.45) is 5.92 Å². The van der Waals surface area contributed by atoms with E-state index in [2.05, 4.69) is 10.4 Å². The number of carbonyl (C=O) groups excluding carboxylic acids is 1. The molecule has 1 unspecified atom stereocenters. The van der Waals surface area contributed by atoms with E-state index >= 15 is 0 Å². The number of ether oxygens (including phenoxy) is 1. The molecule has 0 bridgehead atoms. The van der Waals surface area contributed by atoms with Gasteiger partial charge in [0, 0.05) is 6.42 Å². The van der Waals surface area contributed by atoms with Gasteiger partial charge in [0.25, 0.3) is 0 Å². The Hall–Kier alpha value is -2.15. The highest BCUT2D eigenvalue weighted by Gasteiger charge is 2.45. The number of aliphatic hydroxyl groups excluding tert-OH is 3. The van der Waals surface area contributed by atoms with Gasteiger partial charge in [0.15, 0.2) is 6.29 Å². The van der Waals surface area contributed by atoms with Gasteiger partial charge in [0.1, 0.15) is 24.4 Å². The minimum atomic E-state index is -4.82. The fourth-order valence-corrected chi connectivity index (χ4v) is 5.53. The van der Waals surface area contributed by atoms with Crippen molar-refractivity contribution in [3.05, 3.63) is 41.5 Å². The van der Waals surface area contributed by atoms with E-state index in [9.17, 15) is 39.5 Å². The third-order valence-corrected chi connectivity index (χ3v) is 7.50. The number of amides is 1. The molecule has 0 saturated carbocycles. The van der Waals surface area contributed by atoms with Gasteiger partial charge < -0.3 is 35.4 Å². The highest BCUT2D eigenvalue weighted by molar-refractivity contribution is 7.50. The van der Waals surface area contributed by atoms with Gasteiger partial charge in [-0.3, -0.25) is 9.32 Å². The molecule has 8 atom stereocenters. The number of carboxylic acid groups (broad SMARTS) is 1. The summed E-state index contributed by atoms with van der Waals surface area (Å²) in [6, 6.07) is 4.96. The van der Waals surface area contributed by atoms with E-state index in [1.54, 1.807) is 13.8 Å². The minimum absolute atomic E-state index is 0.0278. The lowest BCUT2D eigenvalue weighted by atomic mass is 9.99. The Bertz CT molecular complexity index is 1060. The van der Waals surface area contributed by atoms with Crippen molar-refractivity contribution >= 4 is 25.2 Å². The Morgan fingerprint density at radius 2 is 1.81 bits per heavy atom. The maximum atomic E-state index is 13.1. The Morgan fingerprint density at radius 3 is 2.46 bits per heavy atom. The van der Waals surface area contributed by atoms with Gasteiger partial charge in [-0.25, -0.2) is 14.4 Å². The number of nitrogens with one attached hydrogen (secondary N) is 2. The summed E-state index contributed by atoms with van der Waals surface area (Å²) in [6.45, 7) is 4.92. The van der Waals surface area contributed by atoms with E-state index in [-0.39, 0.29) is 18.8 Å². The van der Waals surface area contributed by atoms with Crippen LogP contribution >= 0.6 is 7.75 Å². The summed E-state index contributed by atoms with van der Waals surface area (Å²) in [5.74, 6) is -2.21. The van der Waals surface area contributed by atoms with E-state index in [1.807, 2.05) is 30.3 Å². The van der Waals surface area contributed by atoms with Crippen LogP contribution in [-0.2, 0) is 29.8 Å². The molecule has 1 amide bonds. The summed E-state index contributed by atoms with van der Waals surface area (Å²) in [6.07, 6.45) is -5.06. The third-order valence-electron chi connectivity index (χ3n) is 6.37.